The summed E-state index contributed by atoms with van der Waals surface area (Å²) in [5.41, 5.74) is 0. The van der Waals surface area contributed by atoms with Crippen LogP contribution in [-0.4, -0.2) is 23.7 Å². The van der Waals surface area contributed by atoms with Gasteiger partial charge in [0, 0.05) is 12.5 Å². The predicted octanol–water partition coefficient (Wildman–Crippen LogP) is 2.87. The summed E-state index contributed by atoms with van der Waals surface area (Å²) in [4.78, 5) is 12.0. The van der Waals surface area contributed by atoms with Gasteiger partial charge in [-0.2, -0.15) is 0 Å². The summed E-state index contributed by atoms with van der Waals surface area (Å²) < 4.78 is 0. The van der Waals surface area contributed by atoms with Gasteiger partial charge < -0.3 is 10.4 Å². The summed E-state index contributed by atoms with van der Waals surface area (Å²) in [7, 11) is 0. The predicted molar refractivity (Wildman–Crippen MR) is 74.3 cm³/mol. The molecular formula is C15H29NO2. The number of carbonyl (C=O) groups excluding carboxylic acids is 1. The molecule has 2 N–H and O–H groups in total. The molecule has 1 amide bonds. The molecule has 1 aliphatic carbocycles. The standard InChI is InChI=1S/C15H29NO2/c1-3-12(4-2)14(17)11-16-15(18)13-9-7-5-6-8-10-13/h12-14,17H,3-11H2,1-2H3,(H,16,18). The number of hydrogen-bond donors (Lipinski definition) is 2. The molecule has 0 aromatic rings. The van der Waals surface area contributed by atoms with E-state index in [0.29, 0.717) is 12.5 Å². The van der Waals surface area contributed by atoms with Crippen molar-refractivity contribution in [3.63, 3.8) is 0 Å². The van der Waals surface area contributed by atoms with Gasteiger partial charge in [0.2, 0.25) is 5.91 Å². The number of carbonyl (C=O) groups is 1. The van der Waals surface area contributed by atoms with E-state index in [1.807, 2.05) is 0 Å². The van der Waals surface area contributed by atoms with E-state index in [4.69, 9.17) is 0 Å². The minimum Gasteiger partial charge on any atom is -0.391 e. The van der Waals surface area contributed by atoms with Crippen molar-refractivity contribution >= 4 is 5.91 Å². The van der Waals surface area contributed by atoms with Crippen LogP contribution in [0.25, 0.3) is 0 Å². The maximum Gasteiger partial charge on any atom is 0.223 e. The molecule has 0 aliphatic heterocycles. The van der Waals surface area contributed by atoms with Gasteiger partial charge in [-0.1, -0.05) is 52.4 Å². The zero-order valence-electron chi connectivity index (χ0n) is 12.0. The number of aliphatic hydroxyl groups excluding tert-OH is 1. The van der Waals surface area contributed by atoms with Crippen molar-refractivity contribution in [3.8, 4) is 0 Å². The van der Waals surface area contributed by atoms with Crippen LogP contribution >= 0.6 is 0 Å². The first-order chi connectivity index (χ1) is 8.69. The van der Waals surface area contributed by atoms with Crippen LogP contribution < -0.4 is 5.32 Å². The van der Waals surface area contributed by atoms with Gasteiger partial charge in [0.15, 0.2) is 0 Å². The normalized spacial score (nSPS) is 19.6. The van der Waals surface area contributed by atoms with Gasteiger partial charge in [-0.05, 0) is 18.8 Å². The molecule has 0 bridgehead atoms. The lowest BCUT2D eigenvalue weighted by Gasteiger charge is -2.22. The van der Waals surface area contributed by atoms with E-state index in [-0.39, 0.29) is 11.8 Å². The Labute approximate surface area is 111 Å². The van der Waals surface area contributed by atoms with E-state index in [2.05, 4.69) is 19.2 Å². The van der Waals surface area contributed by atoms with Gasteiger partial charge >= 0.3 is 0 Å². The molecule has 106 valence electrons. The molecular weight excluding hydrogens is 226 g/mol. The van der Waals surface area contributed by atoms with Crippen molar-refractivity contribution in [1.82, 2.24) is 5.32 Å². The van der Waals surface area contributed by atoms with E-state index < -0.39 is 6.10 Å². The van der Waals surface area contributed by atoms with Gasteiger partial charge in [0.1, 0.15) is 0 Å². The molecule has 1 fully saturated rings. The largest absolute Gasteiger partial charge is 0.391 e. The van der Waals surface area contributed by atoms with E-state index in [1.54, 1.807) is 0 Å². The number of amides is 1. The van der Waals surface area contributed by atoms with Crippen LogP contribution in [-0.2, 0) is 4.79 Å². The Morgan fingerprint density at radius 3 is 2.22 bits per heavy atom. The molecule has 1 atom stereocenters. The first kappa shape index (κ1) is 15.5. The fourth-order valence-electron chi connectivity index (χ4n) is 2.89. The molecule has 0 heterocycles. The molecule has 3 heteroatoms. The maximum atomic E-state index is 12.0. The third kappa shape index (κ3) is 4.97. The zero-order valence-corrected chi connectivity index (χ0v) is 12.0. The highest BCUT2D eigenvalue weighted by atomic mass is 16.3. The minimum atomic E-state index is -0.394. The van der Waals surface area contributed by atoms with Crippen molar-refractivity contribution in [1.29, 1.82) is 0 Å². The average Bonchev–Trinajstić information content (AvgIpc) is 2.66. The van der Waals surface area contributed by atoms with Crippen LogP contribution in [0, 0.1) is 11.8 Å². The third-order valence-electron chi connectivity index (χ3n) is 4.30. The minimum absolute atomic E-state index is 0.155. The number of rotatable bonds is 6. The molecule has 1 rings (SSSR count). The molecule has 0 aromatic heterocycles. The van der Waals surface area contributed by atoms with E-state index in [1.165, 1.54) is 25.7 Å². The highest BCUT2D eigenvalue weighted by molar-refractivity contribution is 5.78. The summed E-state index contributed by atoms with van der Waals surface area (Å²) in [6, 6.07) is 0. The lowest BCUT2D eigenvalue weighted by atomic mass is 9.95. The van der Waals surface area contributed by atoms with Crippen molar-refractivity contribution in [2.45, 2.75) is 71.3 Å². The molecule has 0 aromatic carbocycles. The van der Waals surface area contributed by atoms with Gasteiger partial charge in [-0.3, -0.25) is 4.79 Å². The molecule has 1 aliphatic rings. The number of aliphatic hydroxyl groups is 1. The Kier molecular flexibility index (Phi) is 7.33. The Balaban J connectivity index is 2.30. The van der Waals surface area contributed by atoms with Crippen LogP contribution in [0.3, 0.4) is 0 Å². The molecule has 1 unspecified atom stereocenters. The highest BCUT2D eigenvalue weighted by Gasteiger charge is 2.22. The summed E-state index contributed by atoms with van der Waals surface area (Å²) in [6.45, 7) is 4.59. The molecule has 18 heavy (non-hydrogen) atoms. The van der Waals surface area contributed by atoms with E-state index in [0.717, 1.165) is 25.7 Å². The Hall–Kier alpha value is -0.570. The fraction of sp³-hybridized carbons (Fsp3) is 0.933. The lowest BCUT2D eigenvalue weighted by molar-refractivity contribution is -0.126. The van der Waals surface area contributed by atoms with Gasteiger partial charge in [0.05, 0.1) is 6.10 Å². The molecule has 0 saturated heterocycles. The molecule has 0 spiro atoms. The van der Waals surface area contributed by atoms with Gasteiger partial charge in [0.25, 0.3) is 0 Å². The summed E-state index contributed by atoms with van der Waals surface area (Å²) in [5, 5.41) is 12.9. The second-order valence-electron chi connectivity index (χ2n) is 5.58. The monoisotopic (exact) mass is 255 g/mol. The quantitative estimate of drug-likeness (QED) is 0.717. The van der Waals surface area contributed by atoms with Crippen molar-refractivity contribution in [2.75, 3.05) is 6.54 Å². The Morgan fingerprint density at radius 2 is 1.72 bits per heavy atom. The Morgan fingerprint density at radius 1 is 1.17 bits per heavy atom. The van der Waals surface area contributed by atoms with Crippen LogP contribution in [0.4, 0.5) is 0 Å². The summed E-state index contributed by atoms with van der Waals surface area (Å²) >= 11 is 0. The van der Waals surface area contributed by atoms with Crippen LogP contribution in [0.15, 0.2) is 0 Å². The van der Waals surface area contributed by atoms with Crippen molar-refractivity contribution in [2.24, 2.45) is 11.8 Å². The summed E-state index contributed by atoms with van der Waals surface area (Å²) in [5.74, 6) is 0.641. The first-order valence-corrected chi connectivity index (χ1v) is 7.64. The fourth-order valence-corrected chi connectivity index (χ4v) is 2.89. The number of hydrogen-bond acceptors (Lipinski definition) is 2. The highest BCUT2D eigenvalue weighted by Crippen LogP contribution is 2.23. The maximum absolute atomic E-state index is 12.0. The topological polar surface area (TPSA) is 49.3 Å². The molecule has 0 radical (unpaired) electrons. The zero-order chi connectivity index (χ0) is 13.4. The third-order valence-corrected chi connectivity index (χ3v) is 4.30. The number of nitrogens with one attached hydrogen (secondary N) is 1. The van der Waals surface area contributed by atoms with Gasteiger partial charge in [-0.25, -0.2) is 0 Å². The van der Waals surface area contributed by atoms with Gasteiger partial charge in [-0.15, -0.1) is 0 Å². The summed E-state index contributed by atoms with van der Waals surface area (Å²) in [6.07, 6.45) is 8.46. The second-order valence-corrected chi connectivity index (χ2v) is 5.58. The van der Waals surface area contributed by atoms with Crippen LogP contribution in [0.2, 0.25) is 0 Å². The lowest BCUT2D eigenvalue weighted by Crippen LogP contribution is -2.39. The molecule has 3 nitrogen and oxygen atoms in total. The van der Waals surface area contributed by atoms with Crippen LogP contribution in [0.5, 0.6) is 0 Å². The first-order valence-electron chi connectivity index (χ1n) is 7.64. The second kappa shape index (κ2) is 8.52. The van der Waals surface area contributed by atoms with Crippen molar-refractivity contribution < 1.29 is 9.90 Å². The molecule has 1 saturated carbocycles. The Bertz CT molecular complexity index is 231. The smallest absolute Gasteiger partial charge is 0.223 e. The van der Waals surface area contributed by atoms with Crippen molar-refractivity contribution in [3.05, 3.63) is 0 Å². The average molecular weight is 255 g/mol. The van der Waals surface area contributed by atoms with E-state index >= 15 is 0 Å². The van der Waals surface area contributed by atoms with E-state index in [9.17, 15) is 9.90 Å². The SMILES string of the molecule is CCC(CC)C(O)CNC(=O)C1CCCCCC1. The van der Waals surface area contributed by atoms with Crippen LogP contribution in [0.1, 0.15) is 65.2 Å².